The van der Waals surface area contributed by atoms with Crippen molar-refractivity contribution >= 4 is 34.8 Å². The van der Waals surface area contributed by atoms with Crippen molar-refractivity contribution in [3.05, 3.63) is 57.6 Å². The van der Waals surface area contributed by atoms with Crippen molar-refractivity contribution < 1.29 is 9.90 Å². The molecule has 3 N–H and O–H groups in total. The van der Waals surface area contributed by atoms with Crippen LogP contribution < -0.4 is 10.6 Å². The number of hydrogen-bond acceptors (Lipinski definition) is 3. The molecule has 0 heterocycles. The minimum absolute atomic E-state index is 0.0326. The fourth-order valence-electron chi connectivity index (χ4n) is 1.84. The Kier molecular flexibility index (Phi) is 4.94. The molecule has 4 nitrogen and oxygen atoms in total. The van der Waals surface area contributed by atoms with Crippen LogP contribution in [0.3, 0.4) is 0 Å². The number of rotatable bonds is 4. The van der Waals surface area contributed by atoms with Gasteiger partial charge in [0.2, 0.25) is 0 Å². The molecular formula is C15H14Cl2N2O2. The van der Waals surface area contributed by atoms with E-state index in [2.05, 4.69) is 10.6 Å². The minimum atomic E-state index is -0.194. The van der Waals surface area contributed by atoms with Gasteiger partial charge >= 0.3 is 0 Å². The number of carbonyl (C=O) groups excluding carboxylic acids is 1. The van der Waals surface area contributed by atoms with Crippen LogP contribution in [0.5, 0.6) is 5.75 Å². The van der Waals surface area contributed by atoms with Crippen molar-refractivity contribution in [1.82, 2.24) is 5.32 Å². The van der Waals surface area contributed by atoms with E-state index >= 15 is 0 Å². The summed E-state index contributed by atoms with van der Waals surface area (Å²) in [4.78, 5) is 11.6. The molecule has 2 aromatic rings. The molecule has 0 aromatic heterocycles. The number of para-hydroxylation sites is 1. The molecule has 21 heavy (non-hydrogen) atoms. The van der Waals surface area contributed by atoms with E-state index in [1.54, 1.807) is 43.4 Å². The Labute approximate surface area is 132 Å². The van der Waals surface area contributed by atoms with Gasteiger partial charge in [-0.05, 0) is 24.3 Å². The zero-order chi connectivity index (χ0) is 15.4. The zero-order valence-corrected chi connectivity index (χ0v) is 12.8. The van der Waals surface area contributed by atoms with Crippen molar-refractivity contribution in [2.24, 2.45) is 0 Å². The van der Waals surface area contributed by atoms with Gasteiger partial charge in [-0.1, -0.05) is 35.3 Å². The number of anilines is 1. The van der Waals surface area contributed by atoms with E-state index in [0.29, 0.717) is 33.4 Å². The normalized spacial score (nSPS) is 10.2. The minimum Gasteiger partial charge on any atom is -0.506 e. The maximum absolute atomic E-state index is 11.6. The molecule has 110 valence electrons. The van der Waals surface area contributed by atoms with Gasteiger partial charge in [-0.2, -0.15) is 0 Å². The van der Waals surface area contributed by atoms with Crippen molar-refractivity contribution in [3.8, 4) is 5.75 Å². The molecule has 1 amide bonds. The Morgan fingerprint density at radius 3 is 2.67 bits per heavy atom. The number of hydrogen-bond donors (Lipinski definition) is 3. The number of aromatic hydroxyl groups is 1. The average Bonchev–Trinajstić information content (AvgIpc) is 2.49. The summed E-state index contributed by atoms with van der Waals surface area (Å²) in [5, 5.41) is 16.3. The number of nitrogens with one attached hydrogen (secondary N) is 2. The quantitative estimate of drug-likeness (QED) is 0.804. The summed E-state index contributed by atoms with van der Waals surface area (Å²) < 4.78 is 0. The van der Waals surface area contributed by atoms with E-state index in [9.17, 15) is 9.90 Å². The fraction of sp³-hybridized carbons (Fsp3) is 0.133. The molecule has 0 aliphatic heterocycles. The Bertz CT molecular complexity index is 675. The van der Waals surface area contributed by atoms with Gasteiger partial charge in [-0.25, -0.2) is 0 Å². The molecule has 0 saturated heterocycles. The molecule has 2 rings (SSSR count). The van der Waals surface area contributed by atoms with Crippen LogP contribution in [0, 0.1) is 0 Å². The Morgan fingerprint density at radius 1 is 1.19 bits per heavy atom. The van der Waals surface area contributed by atoms with E-state index in [1.807, 2.05) is 0 Å². The number of benzene rings is 2. The van der Waals surface area contributed by atoms with Gasteiger partial charge in [0.15, 0.2) is 0 Å². The lowest BCUT2D eigenvalue weighted by Crippen LogP contribution is -2.17. The smallest absolute Gasteiger partial charge is 0.251 e. The van der Waals surface area contributed by atoms with Crippen LogP contribution in [0.2, 0.25) is 10.0 Å². The lowest BCUT2D eigenvalue weighted by molar-refractivity contribution is 0.0963. The predicted octanol–water partition coefficient (Wildman–Crippen LogP) is 3.67. The predicted molar refractivity (Wildman–Crippen MR) is 85.3 cm³/mol. The highest BCUT2D eigenvalue weighted by Gasteiger charge is 2.09. The molecule has 0 unspecified atom stereocenters. The topological polar surface area (TPSA) is 61.4 Å². The lowest BCUT2D eigenvalue weighted by atomic mass is 10.1. The summed E-state index contributed by atoms with van der Waals surface area (Å²) >= 11 is 12.0. The van der Waals surface area contributed by atoms with Crippen LogP contribution in [0.1, 0.15) is 15.9 Å². The number of halogens is 2. The standard InChI is InChI=1S/C15H14Cl2N2O2/c1-18-15(21)9-5-6-11(16)13(7-9)19-8-10-3-2-4-12(17)14(10)20/h2-7,19-20H,8H2,1H3,(H,18,21). The molecule has 0 spiro atoms. The lowest BCUT2D eigenvalue weighted by Gasteiger charge is -2.11. The monoisotopic (exact) mass is 324 g/mol. The molecule has 6 heteroatoms. The summed E-state index contributed by atoms with van der Waals surface area (Å²) in [7, 11) is 1.56. The van der Waals surface area contributed by atoms with Crippen LogP contribution in [0.4, 0.5) is 5.69 Å². The van der Waals surface area contributed by atoms with Crippen molar-refractivity contribution in [3.63, 3.8) is 0 Å². The fourth-order valence-corrected chi connectivity index (χ4v) is 2.22. The zero-order valence-electron chi connectivity index (χ0n) is 11.3. The van der Waals surface area contributed by atoms with Crippen molar-refractivity contribution in [1.29, 1.82) is 0 Å². The molecule has 0 radical (unpaired) electrons. The Morgan fingerprint density at radius 2 is 1.95 bits per heavy atom. The number of phenols is 1. The van der Waals surface area contributed by atoms with E-state index in [0.717, 1.165) is 0 Å². The first kappa shape index (κ1) is 15.5. The number of carbonyl (C=O) groups is 1. The molecule has 0 fully saturated rings. The van der Waals surface area contributed by atoms with E-state index < -0.39 is 0 Å². The molecule has 0 saturated carbocycles. The highest BCUT2D eigenvalue weighted by atomic mass is 35.5. The maximum atomic E-state index is 11.6. The molecule has 0 aliphatic rings. The van der Waals surface area contributed by atoms with Crippen molar-refractivity contribution in [2.45, 2.75) is 6.54 Å². The second kappa shape index (κ2) is 6.70. The van der Waals surface area contributed by atoms with Crippen LogP contribution in [0.15, 0.2) is 36.4 Å². The molecular weight excluding hydrogens is 311 g/mol. The molecule has 0 atom stereocenters. The third-order valence-corrected chi connectivity index (χ3v) is 3.63. The van der Waals surface area contributed by atoms with Crippen LogP contribution >= 0.6 is 23.2 Å². The third kappa shape index (κ3) is 3.60. The Balaban J connectivity index is 2.19. The molecule has 0 aliphatic carbocycles. The van der Waals surface area contributed by atoms with Gasteiger partial charge in [0.05, 0.1) is 15.7 Å². The van der Waals surface area contributed by atoms with Gasteiger partial charge in [0.25, 0.3) is 5.91 Å². The maximum Gasteiger partial charge on any atom is 0.251 e. The van der Waals surface area contributed by atoms with E-state index in [1.165, 1.54) is 0 Å². The number of phenolic OH excluding ortho intramolecular Hbond substituents is 1. The largest absolute Gasteiger partial charge is 0.506 e. The highest BCUT2D eigenvalue weighted by Crippen LogP contribution is 2.29. The van der Waals surface area contributed by atoms with Crippen LogP contribution in [-0.4, -0.2) is 18.1 Å². The van der Waals surface area contributed by atoms with Gasteiger partial charge < -0.3 is 15.7 Å². The van der Waals surface area contributed by atoms with Crippen LogP contribution in [0.25, 0.3) is 0 Å². The van der Waals surface area contributed by atoms with Gasteiger partial charge in [-0.3, -0.25) is 4.79 Å². The van der Waals surface area contributed by atoms with Crippen LogP contribution in [-0.2, 0) is 6.54 Å². The summed E-state index contributed by atoms with van der Waals surface area (Å²) in [5.74, 6) is -0.162. The number of amides is 1. The van der Waals surface area contributed by atoms with E-state index in [4.69, 9.17) is 23.2 Å². The van der Waals surface area contributed by atoms with Gasteiger partial charge in [0.1, 0.15) is 5.75 Å². The molecule has 2 aromatic carbocycles. The second-order valence-electron chi connectivity index (χ2n) is 4.37. The second-order valence-corrected chi connectivity index (χ2v) is 5.19. The summed E-state index contributed by atoms with van der Waals surface area (Å²) in [6, 6.07) is 10.1. The highest BCUT2D eigenvalue weighted by molar-refractivity contribution is 6.33. The Hall–Kier alpha value is -1.91. The van der Waals surface area contributed by atoms with Gasteiger partial charge in [-0.15, -0.1) is 0 Å². The van der Waals surface area contributed by atoms with E-state index in [-0.39, 0.29) is 11.7 Å². The summed E-state index contributed by atoms with van der Waals surface area (Å²) in [5.41, 5.74) is 1.75. The average molecular weight is 325 g/mol. The van der Waals surface area contributed by atoms with Crippen molar-refractivity contribution in [2.75, 3.05) is 12.4 Å². The molecule has 0 bridgehead atoms. The third-order valence-electron chi connectivity index (χ3n) is 3.00. The first-order chi connectivity index (χ1) is 10.0. The van der Waals surface area contributed by atoms with Gasteiger partial charge in [0, 0.05) is 24.7 Å². The summed E-state index contributed by atoms with van der Waals surface area (Å²) in [6.07, 6.45) is 0. The SMILES string of the molecule is CNC(=O)c1ccc(Cl)c(NCc2cccc(Cl)c2O)c1. The summed E-state index contributed by atoms with van der Waals surface area (Å²) in [6.45, 7) is 0.337. The first-order valence-electron chi connectivity index (χ1n) is 6.24. The first-order valence-corrected chi connectivity index (χ1v) is 7.00.